The molecule has 0 radical (unpaired) electrons. The minimum absolute atomic E-state index is 0.0839. The summed E-state index contributed by atoms with van der Waals surface area (Å²) in [7, 11) is 0. The van der Waals surface area contributed by atoms with E-state index < -0.39 is 0 Å². The van der Waals surface area contributed by atoms with Gasteiger partial charge in [0.25, 0.3) is 5.22 Å². The van der Waals surface area contributed by atoms with Crippen LogP contribution in [0.3, 0.4) is 0 Å². The highest BCUT2D eigenvalue weighted by atomic mass is 35.5. The van der Waals surface area contributed by atoms with Crippen LogP contribution in [0.25, 0.3) is 17.1 Å². The largest absolute Gasteiger partial charge is 0.411 e. The topological polar surface area (TPSA) is 85.8 Å². The van der Waals surface area contributed by atoms with Gasteiger partial charge in [0, 0.05) is 29.5 Å². The van der Waals surface area contributed by atoms with Crippen molar-refractivity contribution in [1.82, 2.24) is 25.3 Å². The zero-order chi connectivity index (χ0) is 20.8. The number of halogens is 1. The molecule has 30 heavy (non-hydrogen) atoms. The lowest BCUT2D eigenvalue weighted by molar-refractivity contribution is -0.118. The van der Waals surface area contributed by atoms with Gasteiger partial charge in [0.15, 0.2) is 0 Å². The molecule has 0 unspecified atom stereocenters. The molecule has 2 aromatic carbocycles. The summed E-state index contributed by atoms with van der Waals surface area (Å²) in [6.45, 7) is 0.556. The van der Waals surface area contributed by atoms with E-state index in [2.05, 4.69) is 20.6 Å². The lowest BCUT2D eigenvalue weighted by atomic mass is 10.1. The third-order valence-electron chi connectivity index (χ3n) is 4.27. The van der Waals surface area contributed by atoms with E-state index in [4.69, 9.17) is 16.0 Å². The summed E-state index contributed by atoms with van der Waals surface area (Å²) < 4.78 is 7.39. The first-order valence-corrected chi connectivity index (χ1v) is 10.6. The van der Waals surface area contributed by atoms with E-state index >= 15 is 0 Å². The van der Waals surface area contributed by atoms with E-state index in [0.717, 1.165) is 23.2 Å². The molecule has 0 saturated carbocycles. The SMILES string of the molecule is O=C(CSc1nnc(-c2ccc(Cl)cc2)o1)NCCc1ccc(-n2cccn2)cc1. The van der Waals surface area contributed by atoms with Gasteiger partial charge in [-0.2, -0.15) is 5.10 Å². The van der Waals surface area contributed by atoms with Crippen LogP contribution in [0, 0.1) is 0 Å². The number of carbonyl (C=O) groups excluding carboxylic acids is 1. The van der Waals surface area contributed by atoms with Crippen LogP contribution in [0.1, 0.15) is 5.56 Å². The Bertz CT molecular complexity index is 1100. The normalized spacial score (nSPS) is 10.8. The fourth-order valence-corrected chi connectivity index (χ4v) is 3.46. The van der Waals surface area contributed by atoms with Crippen molar-refractivity contribution in [3.8, 4) is 17.1 Å². The maximum Gasteiger partial charge on any atom is 0.277 e. The number of aromatic nitrogens is 4. The molecule has 0 aliphatic heterocycles. The highest BCUT2D eigenvalue weighted by molar-refractivity contribution is 7.99. The summed E-state index contributed by atoms with van der Waals surface area (Å²) in [4.78, 5) is 12.1. The van der Waals surface area contributed by atoms with E-state index in [1.807, 2.05) is 36.5 Å². The summed E-state index contributed by atoms with van der Waals surface area (Å²) in [5.74, 6) is 0.521. The van der Waals surface area contributed by atoms with Gasteiger partial charge in [-0.15, -0.1) is 10.2 Å². The van der Waals surface area contributed by atoms with Crippen molar-refractivity contribution in [2.75, 3.05) is 12.3 Å². The number of hydrogen-bond donors (Lipinski definition) is 1. The van der Waals surface area contributed by atoms with E-state index in [1.165, 1.54) is 11.8 Å². The van der Waals surface area contributed by atoms with Crippen molar-refractivity contribution < 1.29 is 9.21 Å². The summed E-state index contributed by atoms with van der Waals surface area (Å²) in [6, 6.07) is 17.1. The predicted molar refractivity (Wildman–Crippen MR) is 116 cm³/mol. The fraction of sp³-hybridized carbons (Fsp3) is 0.143. The number of rotatable bonds is 8. The van der Waals surface area contributed by atoms with Crippen LogP contribution in [-0.4, -0.2) is 38.2 Å². The zero-order valence-corrected chi connectivity index (χ0v) is 17.4. The molecule has 1 N–H and O–H groups in total. The van der Waals surface area contributed by atoms with Crippen molar-refractivity contribution in [2.24, 2.45) is 0 Å². The summed E-state index contributed by atoms with van der Waals surface area (Å²) in [6.07, 6.45) is 4.39. The lowest BCUT2D eigenvalue weighted by Gasteiger charge is -2.06. The second-order valence-electron chi connectivity index (χ2n) is 6.39. The monoisotopic (exact) mass is 439 g/mol. The highest BCUT2D eigenvalue weighted by Gasteiger charge is 2.11. The minimum atomic E-state index is -0.0839. The zero-order valence-electron chi connectivity index (χ0n) is 15.9. The molecule has 0 aliphatic carbocycles. The van der Waals surface area contributed by atoms with E-state index in [9.17, 15) is 4.79 Å². The van der Waals surface area contributed by atoms with Crippen molar-refractivity contribution in [2.45, 2.75) is 11.6 Å². The van der Waals surface area contributed by atoms with Crippen molar-refractivity contribution in [3.63, 3.8) is 0 Å². The molecule has 0 bridgehead atoms. The third-order valence-corrected chi connectivity index (χ3v) is 5.34. The fourth-order valence-electron chi connectivity index (χ4n) is 2.74. The Morgan fingerprint density at radius 3 is 2.63 bits per heavy atom. The molecule has 0 saturated heterocycles. The van der Waals surface area contributed by atoms with Gasteiger partial charge in [0.2, 0.25) is 11.8 Å². The molecule has 4 aromatic rings. The first-order valence-electron chi connectivity index (χ1n) is 9.25. The maximum atomic E-state index is 12.1. The first kappa shape index (κ1) is 20.2. The molecule has 7 nitrogen and oxygen atoms in total. The predicted octanol–water partition coefficient (Wildman–Crippen LogP) is 4.03. The lowest BCUT2D eigenvalue weighted by Crippen LogP contribution is -2.27. The van der Waals surface area contributed by atoms with Crippen LogP contribution in [0.5, 0.6) is 0 Å². The van der Waals surface area contributed by atoms with Crippen LogP contribution in [0.2, 0.25) is 5.02 Å². The summed E-state index contributed by atoms with van der Waals surface area (Å²) in [5, 5.41) is 16.1. The van der Waals surface area contributed by atoms with E-state index in [-0.39, 0.29) is 11.7 Å². The van der Waals surface area contributed by atoms with Crippen LogP contribution >= 0.6 is 23.4 Å². The van der Waals surface area contributed by atoms with Gasteiger partial charge >= 0.3 is 0 Å². The van der Waals surface area contributed by atoms with Gasteiger partial charge in [-0.25, -0.2) is 4.68 Å². The number of nitrogens with zero attached hydrogens (tertiary/aromatic N) is 4. The Hall–Kier alpha value is -3.10. The van der Waals surface area contributed by atoms with Crippen LogP contribution in [-0.2, 0) is 11.2 Å². The number of hydrogen-bond acceptors (Lipinski definition) is 6. The van der Waals surface area contributed by atoms with E-state index in [1.54, 1.807) is 35.1 Å². The number of amides is 1. The molecule has 1 amide bonds. The Labute approximate surface area is 182 Å². The summed E-state index contributed by atoms with van der Waals surface area (Å²) in [5.41, 5.74) is 2.92. The maximum absolute atomic E-state index is 12.1. The molecule has 4 rings (SSSR count). The Balaban J connectivity index is 1.20. The quantitative estimate of drug-likeness (QED) is 0.417. The molecular formula is C21H18ClN5O2S. The standard InChI is InChI=1S/C21H18ClN5O2S/c22-17-6-4-16(5-7-17)20-25-26-21(29-20)30-14-19(28)23-12-10-15-2-8-18(9-3-15)27-13-1-11-24-27/h1-9,11,13H,10,12,14H2,(H,23,28). The number of carbonyl (C=O) groups is 1. The molecule has 0 atom stereocenters. The molecular weight excluding hydrogens is 422 g/mol. The molecule has 152 valence electrons. The average molecular weight is 440 g/mol. The summed E-state index contributed by atoms with van der Waals surface area (Å²) >= 11 is 7.08. The Morgan fingerprint density at radius 1 is 1.10 bits per heavy atom. The van der Waals surface area contributed by atoms with Crippen molar-refractivity contribution >= 4 is 29.3 Å². The Morgan fingerprint density at radius 2 is 1.90 bits per heavy atom. The molecule has 9 heteroatoms. The van der Waals surface area contributed by atoms with Crippen molar-refractivity contribution in [1.29, 1.82) is 0 Å². The minimum Gasteiger partial charge on any atom is -0.411 e. The molecule has 2 aromatic heterocycles. The highest BCUT2D eigenvalue weighted by Crippen LogP contribution is 2.24. The van der Waals surface area contributed by atoms with Gasteiger partial charge in [-0.1, -0.05) is 35.5 Å². The van der Waals surface area contributed by atoms with Gasteiger partial charge in [0.05, 0.1) is 11.4 Å². The second kappa shape index (κ2) is 9.60. The van der Waals surface area contributed by atoms with Gasteiger partial charge in [0.1, 0.15) is 0 Å². The molecule has 2 heterocycles. The smallest absolute Gasteiger partial charge is 0.277 e. The van der Waals surface area contributed by atoms with Crippen LogP contribution in [0.4, 0.5) is 0 Å². The number of thioether (sulfide) groups is 1. The average Bonchev–Trinajstić information content (AvgIpc) is 3.46. The first-order chi connectivity index (χ1) is 14.7. The van der Waals surface area contributed by atoms with Gasteiger partial charge in [-0.05, 0) is 54.4 Å². The van der Waals surface area contributed by atoms with Crippen LogP contribution in [0.15, 0.2) is 76.6 Å². The van der Waals surface area contributed by atoms with Gasteiger partial charge < -0.3 is 9.73 Å². The molecule has 0 aliphatic rings. The second-order valence-corrected chi connectivity index (χ2v) is 7.75. The Kier molecular flexibility index (Phi) is 6.46. The molecule has 0 fully saturated rings. The van der Waals surface area contributed by atoms with E-state index in [0.29, 0.717) is 22.7 Å². The molecule has 0 spiro atoms. The number of benzene rings is 2. The van der Waals surface area contributed by atoms with Gasteiger partial charge in [-0.3, -0.25) is 4.79 Å². The van der Waals surface area contributed by atoms with Crippen LogP contribution < -0.4 is 5.32 Å². The third kappa shape index (κ3) is 5.28. The van der Waals surface area contributed by atoms with Crippen molar-refractivity contribution in [3.05, 3.63) is 77.6 Å². The number of nitrogens with one attached hydrogen (secondary N) is 1.